The van der Waals surface area contributed by atoms with Gasteiger partial charge >= 0.3 is 0 Å². The molecule has 0 saturated carbocycles. The average molecular weight is 487 g/mol. The fourth-order valence-electron chi connectivity index (χ4n) is 2.76. The van der Waals surface area contributed by atoms with Crippen LogP contribution in [-0.4, -0.2) is 34.9 Å². The number of hydrogen-bond acceptors (Lipinski definition) is 6. The van der Waals surface area contributed by atoms with E-state index in [1.165, 1.54) is 48.7 Å². The van der Waals surface area contributed by atoms with Gasteiger partial charge in [-0.15, -0.1) is 0 Å². The summed E-state index contributed by atoms with van der Waals surface area (Å²) in [5.41, 5.74) is 0.791. The Labute approximate surface area is 199 Å². The highest BCUT2D eigenvalue weighted by Gasteiger charge is 2.10. The summed E-state index contributed by atoms with van der Waals surface area (Å²) in [5.74, 6) is -1.29. The average Bonchev–Trinajstić information content (AvgIpc) is 2.83. The SMILES string of the molecule is C=CC(=O)Nc1cc(Nc2ncc(Cl)c(NCCCNC(=O)c3ccc(F)cc3)n2)ccc1F. The maximum atomic E-state index is 13.9. The van der Waals surface area contributed by atoms with Crippen molar-refractivity contribution in [2.24, 2.45) is 0 Å². The van der Waals surface area contributed by atoms with Crippen LogP contribution in [-0.2, 0) is 4.79 Å². The highest BCUT2D eigenvalue weighted by atomic mass is 35.5. The second kappa shape index (κ2) is 11.7. The van der Waals surface area contributed by atoms with E-state index in [1.807, 2.05) is 0 Å². The molecule has 3 rings (SSSR count). The summed E-state index contributed by atoms with van der Waals surface area (Å²) >= 11 is 6.15. The van der Waals surface area contributed by atoms with Crippen molar-refractivity contribution in [3.8, 4) is 0 Å². The van der Waals surface area contributed by atoms with Gasteiger partial charge in [0.25, 0.3) is 5.91 Å². The molecular weight excluding hydrogens is 466 g/mol. The van der Waals surface area contributed by atoms with Crippen LogP contribution in [0.15, 0.2) is 61.3 Å². The first-order valence-electron chi connectivity index (χ1n) is 10.2. The number of anilines is 4. The lowest BCUT2D eigenvalue weighted by atomic mass is 10.2. The molecule has 0 aliphatic heterocycles. The van der Waals surface area contributed by atoms with Crippen molar-refractivity contribution in [1.82, 2.24) is 15.3 Å². The van der Waals surface area contributed by atoms with E-state index in [9.17, 15) is 18.4 Å². The minimum absolute atomic E-state index is 0.0232. The molecule has 0 saturated heterocycles. The smallest absolute Gasteiger partial charge is 0.251 e. The molecule has 0 radical (unpaired) electrons. The Balaban J connectivity index is 1.53. The number of rotatable bonds is 10. The molecule has 11 heteroatoms. The van der Waals surface area contributed by atoms with Gasteiger partial charge in [0, 0.05) is 24.3 Å². The monoisotopic (exact) mass is 486 g/mol. The van der Waals surface area contributed by atoms with Gasteiger partial charge in [-0.25, -0.2) is 13.8 Å². The summed E-state index contributed by atoms with van der Waals surface area (Å²) in [6, 6.07) is 9.33. The Kier molecular flexibility index (Phi) is 8.47. The molecule has 0 aliphatic carbocycles. The van der Waals surface area contributed by atoms with Gasteiger partial charge in [-0.1, -0.05) is 18.2 Å². The normalized spacial score (nSPS) is 10.3. The maximum absolute atomic E-state index is 13.9. The molecule has 0 spiro atoms. The predicted octanol–water partition coefficient (Wildman–Crippen LogP) is 4.51. The van der Waals surface area contributed by atoms with Crippen molar-refractivity contribution in [3.63, 3.8) is 0 Å². The van der Waals surface area contributed by atoms with Crippen molar-refractivity contribution in [3.05, 3.63) is 83.5 Å². The van der Waals surface area contributed by atoms with Gasteiger partial charge in [-0.2, -0.15) is 4.98 Å². The standard InChI is InChI=1S/C23H21ClF2N6O2/c1-2-20(33)31-19-12-16(8-9-18(19)26)30-23-29-13-17(24)21(32-23)27-10-3-11-28-22(34)14-4-6-15(25)7-5-14/h2,4-9,12-13H,1,3,10-11H2,(H,28,34)(H,31,33)(H2,27,29,30,32). The minimum atomic E-state index is -0.605. The zero-order valence-corrected chi connectivity index (χ0v) is 18.6. The lowest BCUT2D eigenvalue weighted by Gasteiger charge is -2.12. The maximum Gasteiger partial charge on any atom is 0.251 e. The third-order valence-corrected chi connectivity index (χ3v) is 4.72. The van der Waals surface area contributed by atoms with E-state index in [2.05, 4.69) is 37.8 Å². The molecule has 0 atom stereocenters. The third-order valence-electron chi connectivity index (χ3n) is 4.45. The van der Waals surface area contributed by atoms with E-state index in [1.54, 1.807) is 0 Å². The highest BCUT2D eigenvalue weighted by molar-refractivity contribution is 6.32. The Morgan fingerprint density at radius 1 is 1.09 bits per heavy atom. The molecule has 1 heterocycles. The Bertz CT molecular complexity index is 1190. The first kappa shape index (κ1) is 24.6. The van der Waals surface area contributed by atoms with Gasteiger partial charge in [0.05, 0.1) is 11.9 Å². The van der Waals surface area contributed by atoms with Gasteiger partial charge in [0.1, 0.15) is 22.5 Å². The number of nitrogens with zero attached hydrogens (tertiary/aromatic N) is 2. The molecule has 1 aromatic heterocycles. The number of nitrogens with one attached hydrogen (secondary N) is 4. The van der Waals surface area contributed by atoms with Gasteiger partial charge in [-0.05, 0) is 55.0 Å². The molecule has 2 amide bonds. The summed E-state index contributed by atoms with van der Waals surface area (Å²) < 4.78 is 26.9. The number of aromatic nitrogens is 2. The molecular formula is C23H21ClF2N6O2. The Morgan fingerprint density at radius 3 is 2.59 bits per heavy atom. The van der Waals surface area contributed by atoms with Crippen LogP contribution in [0, 0.1) is 11.6 Å². The highest BCUT2D eigenvalue weighted by Crippen LogP contribution is 2.24. The van der Waals surface area contributed by atoms with Gasteiger partial charge in [0.15, 0.2) is 0 Å². The van der Waals surface area contributed by atoms with Crippen LogP contribution >= 0.6 is 11.6 Å². The summed E-state index contributed by atoms with van der Waals surface area (Å²) in [5, 5.41) is 11.4. The Hall–Kier alpha value is -4.05. The largest absolute Gasteiger partial charge is 0.369 e. The van der Waals surface area contributed by atoms with Crippen molar-refractivity contribution < 1.29 is 18.4 Å². The number of amides is 2. The van der Waals surface area contributed by atoms with Gasteiger partial charge in [-0.3, -0.25) is 9.59 Å². The molecule has 0 bridgehead atoms. The third kappa shape index (κ3) is 6.97. The van der Waals surface area contributed by atoms with E-state index in [4.69, 9.17) is 11.6 Å². The fourth-order valence-corrected chi connectivity index (χ4v) is 2.92. The van der Waals surface area contributed by atoms with Crippen LogP contribution in [0.4, 0.5) is 31.9 Å². The number of carbonyl (C=O) groups is 2. The summed E-state index contributed by atoms with van der Waals surface area (Å²) in [7, 11) is 0. The molecule has 176 valence electrons. The first-order valence-corrected chi connectivity index (χ1v) is 10.5. The van der Waals surface area contributed by atoms with Crippen LogP contribution in [0.2, 0.25) is 5.02 Å². The molecule has 8 nitrogen and oxygen atoms in total. The van der Waals surface area contributed by atoms with E-state index in [0.29, 0.717) is 41.6 Å². The first-order chi connectivity index (χ1) is 16.4. The summed E-state index contributed by atoms with van der Waals surface area (Å²) in [6.07, 6.45) is 3.01. The van der Waals surface area contributed by atoms with Crippen LogP contribution in [0.25, 0.3) is 0 Å². The van der Waals surface area contributed by atoms with Gasteiger partial charge in [0.2, 0.25) is 11.9 Å². The lowest BCUT2D eigenvalue weighted by molar-refractivity contribution is -0.111. The molecule has 4 N–H and O–H groups in total. The minimum Gasteiger partial charge on any atom is -0.369 e. The van der Waals surface area contributed by atoms with Crippen LogP contribution in [0.3, 0.4) is 0 Å². The number of halogens is 3. The summed E-state index contributed by atoms with van der Waals surface area (Å²) in [6.45, 7) is 4.17. The predicted molar refractivity (Wildman–Crippen MR) is 127 cm³/mol. The lowest BCUT2D eigenvalue weighted by Crippen LogP contribution is -2.25. The molecule has 34 heavy (non-hydrogen) atoms. The van der Waals surface area contributed by atoms with Crippen molar-refractivity contribution >= 4 is 46.6 Å². The molecule has 2 aromatic carbocycles. The quantitative estimate of drug-likeness (QED) is 0.248. The molecule has 3 aromatic rings. The molecule has 0 unspecified atom stereocenters. The van der Waals surface area contributed by atoms with Crippen LogP contribution in [0.1, 0.15) is 16.8 Å². The second-order valence-electron chi connectivity index (χ2n) is 6.95. The van der Waals surface area contributed by atoms with Gasteiger partial charge < -0.3 is 21.3 Å². The van der Waals surface area contributed by atoms with Crippen LogP contribution in [0.5, 0.6) is 0 Å². The van der Waals surface area contributed by atoms with Crippen molar-refractivity contribution in [1.29, 1.82) is 0 Å². The topological polar surface area (TPSA) is 108 Å². The van der Waals surface area contributed by atoms with Crippen LogP contribution < -0.4 is 21.3 Å². The molecule has 0 fully saturated rings. The fraction of sp³-hybridized carbons (Fsp3) is 0.130. The van der Waals surface area contributed by atoms with E-state index in [0.717, 1.165) is 6.08 Å². The van der Waals surface area contributed by atoms with Crippen molar-refractivity contribution in [2.45, 2.75) is 6.42 Å². The molecule has 0 aliphatic rings. The van der Waals surface area contributed by atoms with E-state index >= 15 is 0 Å². The van der Waals surface area contributed by atoms with Crippen molar-refractivity contribution in [2.75, 3.05) is 29.0 Å². The zero-order valence-electron chi connectivity index (χ0n) is 17.9. The van der Waals surface area contributed by atoms with E-state index < -0.39 is 17.5 Å². The van der Waals surface area contributed by atoms with E-state index in [-0.39, 0.29) is 17.5 Å². The number of carbonyl (C=O) groups excluding carboxylic acids is 2. The number of hydrogen-bond donors (Lipinski definition) is 4. The second-order valence-corrected chi connectivity index (χ2v) is 7.35. The zero-order chi connectivity index (χ0) is 24.5. The summed E-state index contributed by atoms with van der Waals surface area (Å²) in [4.78, 5) is 31.9. The number of benzene rings is 2. The Morgan fingerprint density at radius 2 is 1.85 bits per heavy atom.